The number of fused-ring (bicyclic) bond motifs is 1. The summed E-state index contributed by atoms with van der Waals surface area (Å²) in [5.41, 5.74) is 4.17. The number of nitrogens with zero attached hydrogens (tertiary/aromatic N) is 4. The first kappa shape index (κ1) is 28.2. The van der Waals surface area contributed by atoms with Crippen molar-refractivity contribution in [1.29, 1.82) is 5.26 Å². The summed E-state index contributed by atoms with van der Waals surface area (Å²) in [6, 6.07) is 20.8. The Morgan fingerprint density at radius 2 is 1.93 bits per heavy atom. The van der Waals surface area contributed by atoms with E-state index in [1.165, 1.54) is 12.3 Å². The molecule has 3 aromatic carbocycles. The number of ether oxygens (including phenoxy) is 2. The van der Waals surface area contributed by atoms with Gasteiger partial charge in [0.05, 0.1) is 46.1 Å². The Morgan fingerprint density at radius 1 is 1.10 bits per heavy atom. The molecule has 0 aliphatic rings. The molecule has 10 heteroatoms. The van der Waals surface area contributed by atoms with Gasteiger partial charge in [0.15, 0.2) is 0 Å². The maximum Gasteiger partial charge on any atom is 0.248 e. The Kier molecular flexibility index (Phi) is 8.66. The largest absolute Gasteiger partial charge is 0.492 e. The van der Waals surface area contributed by atoms with E-state index in [9.17, 15) is 10.1 Å². The summed E-state index contributed by atoms with van der Waals surface area (Å²) >= 11 is 6.55. The smallest absolute Gasteiger partial charge is 0.248 e. The molecule has 210 valence electrons. The number of aryl methyl sites for hydroxylation is 1. The Hall–Kier alpha value is -5.33. The van der Waals surface area contributed by atoms with Crippen LogP contribution < -0.4 is 20.1 Å². The molecule has 0 unspecified atom stereocenters. The summed E-state index contributed by atoms with van der Waals surface area (Å²) in [5.74, 6) is 0.629. The number of hydrogen-bond acceptors (Lipinski definition) is 7. The molecular formula is C32H27ClN6O3. The van der Waals surface area contributed by atoms with Gasteiger partial charge in [-0.05, 0) is 42.8 Å². The van der Waals surface area contributed by atoms with Gasteiger partial charge < -0.3 is 24.7 Å². The Morgan fingerprint density at radius 3 is 2.64 bits per heavy atom. The zero-order valence-electron chi connectivity index (χ0n) is 23.0. The topological polar surface area (TPSA) is 114 Å². The molecule has 0 saturated carbocycles. The van der Waals surface area contributed by atoms with E-state index in [2.05, 4.69) is 26.7 Å². The molecule has 0 spiro atoms. The fourth-order valence-corrected chi connectivity index (χ4v) is 4.48. The van der Waals surface area contributed by atoms with Gasteiger partial charge in [0.1, 0.15) is 24.2 Å². The number of anilines is 3. The van der Waals surface area contributed by atoms with Gasteiger partial charge in [0.2, 0.25) is 5.91 Å². The Balaban J connectivity index is 1.44. The van der Waals surface area contributed by atoms with Crippen molar-refractivity contribution < 1.29 is 14.3 Å². The van der Waals surface area contributed by atoms with E-state index in [0.717, 1.165) is 5.56 Å². The average molecular weight is 579 g/mol. The van der Waals surface area contributed by atoms with Gasteiger partial charge in [0.25, 0.3) is 0 Å². The quantitative estimate of drug-likeness (QED) is 0.174. The molecule has 5 rings (SSSR count). The number of amides is 1. The van der Waals surface area contributed by atoms with Crippen LogP contribution in [-0.2, 0) is 18.4 Å². The van der Waals surface area contributed by atoms with E-state index in [1.807, 2.05) is 50.4 Å². The second kappa shape index (κ2) is 12.9. The summed E-state index contributed by atoms with van der Waals surface area (Å²) in [7, 11) is 1.85. The van der Waals surface area contributed by atoms with Gasteiger partial charge in [-0.25, -0.2) is 4.98 Å². The van der Waals surface area contributed by atoms with E-state index >= 15 is 0 Å². The van der Waals surface area contributed by atoms with E-state index in [1.54, 1.807) is 47.4 Å². The molecule has 42 heavy (non-hydrogen) atoms. The molecule has 2 heterocycles. The lowest BCUT2D eigenvalue weighted by molar-refractivity contribution is -0.111. The fourth-order valence-electron chi connectivity index (χ4n) is 4.24. The van der Waals surface area contributed by atoms with Gasteiger partial charge in [-0.3, -0.25) is 9.78 Å². The van der Waals surface area contributed by atoms with Gasteiger partial charge in [0, 0.05) is 42.7 Å². The molecule has 0 aliphatic carbocycles. The molecule has 0 bridgehead atoms. The molecule has 5 aromatic rings. The fraction of sp³-hybridized carbons (Fsp3) is 0.125. The Bertz CT molecular complexity index is 1810. The van der Waals surface area contributed by atoms with Gasteiger partial charge >= 0.3 is 0 Å². The number of carbonyl (C=O) groups excluding carboxylic acids is 1. The van der Waals surface area contributed by atoms with Crippen molar-refractivity contribution >= 4 is 51.5 Å². The van der Waals surface area contributed by atoms with Crippen molar-refractivity contribution in [2.24, 2.45) is 7.05 Å². The van der Waals surface area contributed by atoms with Gasteiger partial charge in [-0.1, -0.05) is 41.9 Å². The van der Waals surface area contributed by atoms with Crippen LogP contribution in [0.15, 0.2) is 85.5 Å². The lowest BCUT2D eigenvalue weighted by Crippen LogP contribution is -2.10. The minimum atomic E-state index is -0.363. The standard InChI is InChI=1S/C32H27ClN6O3/c1-3-41-30-15-27-25(14-28(30)38-31(40)12-10-24-18-39(2)20-36-24)32(22(16-34)17-35-27)37-23-9-11-29(26(33)13-23)42-19-21-7-5-4-6-8-21/h4-15,17-18,20H,3,19H2,1-2H3,(H,35,37)(H,38,40). The van der Waals surface area contributed by atoms with Crippen LogP contribution in [0.3, 0.4) is 0 Å². The number of pyridine rings is 1. The number of carbonyl (C=O) groups is 1. The number of hydrogen-bond donors (Lipinski definition) is 2. The summed E-state index contributed by atoms with van der Waals surface area (Å²) < 4.78 is 13.5. The van der Waals surface area contributed by atoms with E-state index in [-0.39, 0.29) is 5.91 Å². The van der Waals surface area contributed by atoms with Gasteiger partial charge in [-0.15, -0.1) is 0 Å². The molecular weight excluding hydrogens is 552 g/mol. The normalized spacial score (nSPS) is 10.9. The van der Waals surface area contributed by atoms with Crippen molar-refractivity contribution in [3.05, 3.63) is 107 Å². The minimum Gasteiger partial charge on any atom is -0.492 e. The number of halogens is 1. The van der Waals surface area contributed by atoms with Crippen LogP contribution in [0.5, 0.6) is 11.5 Å². The summed E-state index contributed by atoms with van der Waals surface area (Å²) in [5, 5.41) is 17.1. The first-order valence-corrected chi connectivity index (χ1v) is 13.5. The van der Waals surface area contributed by atoms with Crippen LogP contribution in [0.25, 0.3) is 17.0 Å². The zero-order valence-corrected chi connectivity index (χ0v) is 23.7. The van der Waals surface area contributed by atoms with Crippen LogP contribution in [0.2, 0.25) is 5.02 Å². The predicted octanol–water partition coefficient (Wildman–Crippen LogP) is 6.87. The van der Waals surface area contributed by atoms with Crippen LogP contribution in [0.1, 0.15) is 23.7 Å². The summed E-state index contributed by atoms with van der Waals surface area (Å²) in [4.78, 5) is 21.4. The number of benzene rings is 3. The van der Waals surface area contributed by atoms with Crippen LogP contribution in [0, 0.1) is 11.3 Å². The third-order valence-corrected chi connectivity index (χ3v) is 6.51. The highest BCUT2D eigenvalue weighted by atomic mass is 35.5. The van der Waals surface area contributed by atoms with Crippen molar-refractivity contribution in [2.75, 3.05) is 17.2 Å². The van der Waals surface area contributed by atoms with Crippen LogP contribution >= 0.6 is 11.6 Å². The first-order valence-electron chi connectivity index (χ1n) is 13.1. The first-order chi connectivity index (χ1) is 20.4. The van der Waals surface area contributed by atoms with Crippen molar-refractivity contribution in [2.45, 2.75) is 13.5 Å². The van der Waals surface area contributed by atoms with E-state index < -0.39 is 0 Å². The third-order valence-electron chi connectivity index (χ3n) is 6.22. The molecule has 0 fully saturated rings. The summed E-state index contributed by atoms with van der Waals surface area (Å²) in [6.45, 7) is 2.62. The van der Waals surface area contributed by atoms with Crippen molar-refractivity contribution in [3.63, 3.8) is 0 Å². The van der Waals surface area contributed by atoms with Crippen LogP contribution in [0.4, 0.5) is 17.1 Å². The molecule has 0 aliphatic heterocycles. The highest BCUT2D eigenvalue weighted by Gasteiger charge is 2.16. The average Bonchev–Trinajstić information content (AvgIpc) is 3.42. The van der Waals surface area contributed by atoms with E-state index in [0.29, 0.717) is 69.0 Å². The summed E-state index contributed by atoms with van der Waals surface area (Å²) in [6.07, 6.45) is 7.96. The molecule has 0 saturated heterocycles. The second-order valence-corrected chi connectivity index (χ2v) is 9.70. The molecule has 0 radical (unpaired) electrons. The highest BCUT2D eigenvalue weighted by molar-refractivity contribution is 6.32. The predicted molar refractivity (Wildman–Crippen MR) is 164 cm³/mol. The molecule has 2 aromatic heterocycles. The number of aromatic nitrogens is 3. The van der Waals surface area contributed by atoms with Crippen LogP contribution in [-0.4, -0.2) is 27.0 Å². The third kappa shape index (κ3) is 6.69. The number of rotatable bonds is 10. The lowest BCUT2D eigenvalue weighted by atomic mass is 10.1. The SMILES string of the molecule is CCOc1cc2ncc(C#N)c(Nc3ccc(OCc4ccccc4)c(Cl)c3)c2cc1NC(=O)C=Cc1cn(C)cn1. The number of imidazole rings is 1. The molecule has 0 atom stereocenters. The monoisotopic (exact) mass is 578 g/mol. The zero-order chi connectivity index (χ0) is 29.5. The van der Waals surface area contributed by atoms with Crippen molar-refractivity contribution in [3.8, 4) is 17.6 Å². The maximum absolute atomic E-state index is 12.8. The second-order valence-electron chi connectivity index (χ2n) is 9.29. The Labute approximate surface area is 248 Å². The van der Waals surface area contributed by atoms with E-state index in [4.69, 9.17) is 21.1 Å². The number of nitriles is 1. The minimum absolute atomic E-state index is 0.319. The molecule has 9 nitrogen and oxygen atoms in total. The van der Waals surface area contributed by atoms with Crippen molar-refractivity contribution in [1.82, 2.24) is 14.5 Å². The maximum atomic E-state index is 12.8. The van der Waals surface area contributed by atoms with Gasteiger partial charge in [-0.2, -0.15) is 5.26 Å². The number of nitrogens with one attached hydrogen (secondary N) is 2. The molecule has 1 amide bonds. The highest BCUT2D eigenvalue weighted by Crippen LogP contribution is 2.37. The molecule has 2 N–H and O–H groups in total. The lowest BCUT2D eigenvalue weighted by Gasteiger charge is -2.16.